The van der Waals surface area contributed by atoms with Crippen LogP contribution in [0.4, 0.5) is 5.95 Å². The summed E-state index contributed by atoms with van der Waals surface area (Å²) in [5, 5.41) is 29.4. The van der Waals surface area contributed by atoms with Gasteiger partial charge in [0.25, 0.3) is 8.53 Å². The molecule has 1 radical (unpaired) electrons. The Kier molecular flexibility index (Phi) is 19.1. The summed E-state index contributed by atoms with van der Waals surface area (Å²) in [6.07, 6.45) is 0.841. The van der Waals surface area contributed by atoms with Gasteiger partial charge in [0.2, 0.25) is 23.6 Å². The minimum absolute atomic E-state index is 0.0146. The fourth-order valence-electron chi connectivity index (χ4n) is 10.1. The van der Waals surface area contributed by atoms with Gasteiger partial charge in [-0.25, -0.2) is 9.65 Å². The zero-order valence-electron chi connectivity index (χ0n) is 45.9. The topological polar surface area (TPSA) is 217 Å². The van der Waals surface area contributed by atoms with Crippen molar-refractivity contribution >= 4 is 37.5 Å². The number of anilines is 1. The number of hydroxylamine groups is 2. The molecule has 2 saturated heterocycles. The first kappa shape index (κ1) is 57.9. The number of ether oxygens (including phenoxy) is 5. The van der Waals surface area contributed by atoms with Crippen molar-refractivity contribution in [1.29, 1.82) is 5.26 Å². The fraction of sp³-hybridized carbons (Fsp3) is 0.536. The quantitative estimate of drug-likeness (QED) is 0.0316. The summed E-state index contributed by atoms with van der Waals surface area (Å²) in [5.74, 6) is 0.186. The summed E-state index contributed by atoms with van der Waals surface area (Å²) in [7, 11) is 1.52. The lowest BCUT2D eigenvalue weighted by Gasteiger charge is -2.39. The average Bonchev–Trinajstić information content (AvgIpc) is 4.08. The van der Waals surface area contributed by atoms with Crippen LogP contribution in [0.2, 0.25) is 0 Å². The number of hydrogen-bond acceptors (Lipinski definition) is 15. The highest BCUT2D eigenvalue weighted by Crippen LogP contribution is 2.51. The van der Waals surface area contributed by atoms with Crippen LogP contribution in [0, 0.1) is 23.2 Å². The number of benzene rings is 3. The number of nitriles is 1. The lowest BCUT2D eigenvalue weighted by Crippen LogP contribution is -2.49. The van der Waals surface area contributed by atoms with Gasteiger partial charge in [-0.1, -0.05) is 68.4 Å². The van der Waals surface area contributed by atoms with E-state index in [4.69, 9.17) is 42.7 Å². The molecule has 409 valence electrons. The molecule has 5 aromatic rings. The molecular formula is C56H75N9O10P. The molecule has 0 spiro atoms. The van der Waals surface area contributed by atoms with E-state index in [-0.39, 0.29) is 67.9 Å². The number of nitrogens with one attached hydrogen (secondary N) is 2. The molecule has 2 aliphatic heterocycles. The first-order valence-corrected chi connectivity index (χ1v) is 27.2. The van der Waals surface area contributed by atoms with Gasteiger partial charge in [0, 0.05) is 36.5 Å². The van der Waals surface area contributed by atoms with Gasteiger partial charge in [-0.15, -0.1) is 10.3 Å². The van der Waals surface area contributed by atoms with Gasteiger partial charge in [0.15, 0.2) is 11.2 Å². The van der Waals surface area contributed by atoms with Crippen LogP contribution in [0.5, 0.6) is 17.4 Å². The molecule has 19 nitrogen and oxygen atoms in total. The van der Waals surface area contributed by atoms with Crippen molar-refractivity contribution in [2.24, 2.45) is 11.8 Å². The number of carbonyl (C=O) groups is 2. The number of carbonyl (C=O) groups excluding carboxylic acids is 2. The predicted octanol–water partition coefficient (Wildman–Crippen LogP) is 9.51. The summed E-state index contributed by atoms with van der Waals surface area (Å²) in [5.41, 5.74) is 0.511. The highest BCUT2D eigenvalue weighted by Gasteiger charge is 2.55. The van der Waals surface area contributed by atoms with Crippen molar-refractivity contribution in [1.82, 2.24) is 34.6 Å². The van der Waals surface area contributed by atoms with Gasteiger partial charge < -0.3 is 38.0 Å². The molecule has 5 atom stereocenters. The summed E-state index contributed by atoms with van der Waals surface area (Å²) < 4.78 is 49.6. The SMILES string of the molecule is COc1ccc(C(OC[C@H]2O[C@@H](n3cnc4c(OCCCNC(=O)C5CC(C)(C)N([O])C5(C)C)nc(NC(=O)C(C)C)nc43)C[C@@H]2OP(OCCC#N)N(C(C)C)C(C)C)(c2ccccc2)c2ccc(OC)cc2)cc1. The molecule has 20 heteroatoms. The Bertz CT molecular complexity index is 2700. The molecule has 3 aromatic carbocycles. The van der Waals surface area contributed by atoms with Crippen LogP contribution in [-0.2, 0) is 38.9 Å². The highest BCUT2D eigenvalue weighted by atomic mass is 31.2. The molecule has 0 saturated carbocycles. The smallest absolute Gasteiger partial charge is 0.259 e. The van der Waals surface area contributed by atoms with Crippen LogP contribution in [0.1, 0.15) is 118 Å². The number of methoxy groups -OCH3 is 2. The molecular weight excluding hydrogens is 990 g/mol. The van der Waals surface area contributed by atoms with E-state index in [1.54, 1.807) is 52.8 Å². The van der Waals surface area contributed by atoms with Gasteiger partial charge in [0.05, 0.1) is 70.4 Å². The summed E-state index contributed by atoms with van der Waals surface area (Å²) in [6, 6.07) is 27.9. The molecule has 76 heavy (non-hydrogen) atoms. The summed E-state index contributed by atoms with van der Waals surface area (Å²) in [4.78, 5) is 40.7. The maximum atomic E-state index is 13.4. The zero-order valence-corrected chi connectivity index (χ0v) is 46.8. The third-order valence-corrected chi connectivity index (χ3v) is 16.1. The Balaban J connectivity index is 1.24. The lowest BCUT2D eigenvalue weighted by molar-refractivity contribution is -0.247. The third-order valence-electron chi connectivity index (χ3n) is 14.0. The minimum atomic E-state index is -1.74. The standard InChI is InChI=1S/C56H75N9O10P/c1-36(2)50(66)61-53-60-49-48(52(62-53)71-30-17-29-58-51(67)44-33-54(7,8)65(68)55(44,9)10)59-35-63(49)47-32-45(75-76(73-31-16-28-57)64(37(3)4)38(5)6)46(74-47)34-72-56(39-18-14-13-15-19-39,40-20-24-42(69-11)25-21-40)41-22-26-43(70-12)27-23-41/h13-15,18-27,35-38,44-47H,16-17,29-34H2,1-12H3,(H,58,67)(H,60,61,62,66)/t44?,45-,46+,47+,76?/m0/s1. The van der Waals surface area contributed by atoms with Crippen molar-refractivity contribution < 1.29 is 47.5 Å². The monoisotopic (exact) mass is 1060 g/mol. The molecule has 2 N–H and O–H groups in total. The van der Waals surface area contributed by atoms with E-state index >= 15 is 0 Å². The van der Waals surface area contributed by atoms with Gasteiger partial charge in [-0.2, -0.15) is 15.2 Å². The number of imidazole rings is 1. The first-order valence-electron chi connectivity index (χ1n) is 26.1. The van der Waals surface area contributed by atoms with Crippen LogP contribution in [0.15, 0.2) is 85.2 Å². The van der Waals surface area contributed by atoms with E-state index in [9.17, 15) is 20.1 Å². The number of aromatic nitrogens is 4. The maximum Gasteiger partial charge on any atom is 0.259 e. The molecule has 2 amide bonds. The second-order valence-electron chi connectivity index (χ2n) is 21.2. The Morgan fingerprint density at radius 1 is 0.895 bits per heavy atom. The van der Waals surface area contributed by atoms with Gasteiger partial charge in [-0.3, -0.25) is 19.5 Å². The number of hydrogen-bond donors (Lipinski definition) is 2. The first-order chi connectivity index (χ1) is 36.2. The average molecular weight is 1070 g/mol. The van der Waals surface area contributed by atoms with E-state index in [1.807, 2.05) is 92.7 Å². The van der Waals surface area contributed by atoms with Crippen LogP contribution in [0.3, 0.4) is 0 Å². The molecule has 7 rings (SSSR count). The van der Waals surface area contributed by atoms with E-state index in [2.05, 4.69) is 54.1 Å². The van der Waals surface area contributed by atoms with Crippen molar-refractivity contribution in [3.63, 3.8) is 0 Å². The highest BCUT2D eigenvalue weighted by molar-refractivity contribution is 7.44. The van der Waals surface area contributed by atoms with E-state index in [0.29, 0.717) is 48.5 Å². The Morgan fingerprint density at radius 3 is 2.07 bits per heavy atom. The number of fused-ring (bicyclic) bond motifs is 1. The predicted molar refractivity (Wildman–Crippen MR) is 288 cm³/mol. The maximum absolute atomic E-state index is 13.4. The molecule has 2 aromatic heterocycles. The van der Waals surface area contributed by atoms with Crippen LogP contribution in [0.25, 0.3) is 11.2 Å². The Labute approximate surface area is 448 Å². The van der Waals surface area contributed by atoms with Crippen molar-refractivity contribution in [3.8, 4) is 23.4 Å². The number of nitrogens with zero attached hydrogens (tertiary/aromatic N) is 7. The zero-order chi connectivity index (χ0) is 55.0. The van der Waals surface area contributed by atoms with Crippen molar-refractivity contribution in [3.05, 3.63) is 102 Å². The Hall–Kier alpha value is -5.81. The second kappa shape index (κ2) is 25.1. The largest absolute Gasteiger partial charge is 0.497 e. The lowest BCUT2D eigenvalue weighted by atomic mass is 9.80. The van der Waals surface area contributed by atoms with Crippen LogP contribution >= 0.6 is 8.53 Å². The van der Waals surface area contributed by atoms with E-state index in [1.165, 1.54) is 0 Å². The minimum Gasteiger partial charge on any atom is -0.497 e. The van der Waals surface area contributed by atoms with Gasteiger partial charge in [0.1, 0.15) is 29.4 Å². The van der Waals surface area contributed by atoms with Gasteiger partial charge in [-0.05, 0) is 109 Å². The normalized spacial score (nSPS) is 19.8. The van der Waals surface area contributed by atoms with Crippen molar-refractivity contribution in [2.45, 2.75) is 142 Å². The number of amides is 2. The summed E-state index contributed by atoms with van der Waals surface area (Å²) >= 11 is 0. The molecule has 4 heterocycles. The second-order valence-corrected chi connectivity index (χ2v) is 22.6. The molecule has 0 aliphatic carbocycles. The van der Waals surface area contributed by atoms with Gasteiger partial charge >= 0.3 is 0 Å². The third kappa shape index (κ3) is 12.8. The van der Waals surface area contributed by atoms with E-state index < -0.39 is 49.6 Å². The van der Waals surface area contributed by atoms with Crippen molar-refractivity contribution in [2.75, 3.05) is 45.9 Å². The number of rotatable bonds is 25. The molecule has 0 bridgehead atoms. The van der Waals surface area contributed by atoms with Crippen LogP contribution < -0.4 is 24.8 Å². The molecule has 2 aliphatic rings. The van der Waals surface area contributed by atoms with E-state index in [0.717, 1.165) is 21.8 Å². The molecule has 2 fully saturated rings. The summed E-state index contributed by atoms with van der Waals surface area (Å²) in [6.45, 7) is 19.8. The fourth-order valence-corrected chi connectivity index (χ4v) is 11.8. The van der Waals surface area contributed by atoms with Crippen LogP contribution in [-0.4, -0.2) is 117 Å². The Morgan fingerprint density at radius 2 is 1.51 bits per heavy atom. The molecule has 2 unspecified atom stereocenters.